The van der Waals surface area contributed by atoms with Crippen molar-refractivity contribution in [3.8, 4) is 0 Å². The minimum Gasteiger partial charge on any atom is -0.392 e. The Balaban J connectivity index is 2.15. The molecule has 2 aromatic carbocycles. The Morgan fingerprint density at radius 3 is 2.43 bits per heavy atom. The molecule has 0 bridgehead atoms. The fraction of sp³-hybridized carbons (Fsp3) is 0.143. The van der Waals surface area contributed by atoms with Crippen molar-refractivity contribution < 1.29 is 22.3 Å². The van der Waals surface area contributed by atoms with E-state index < -0.39 is 21.7 Å². The molecule has 4 nitrogen and oxygen atoms in total. The van der Waals surface area contributed by atoms with Gasteiger partial charge in [0.25, 0.3) is 0 Å². The van der Waals surface area contributed by atoms with Crippen molar-refractivity contribution in [2.24, 2.45) is 0 Å². The Morgan fingerprint density at radius 2 is 1.76 bits per heavy atom. The van der Waals surface area contributed by atoms with Gasteiger partial charge in [0.1, 0.15) is 0 Å². The van der Waals surface area contributed by atoms with Gasteiger partial charge in [-0.15, -0.1) is 0 Å². The number of hydrogen-bond acceptors (Lipinski definition) is 3. The zero-order valence-electron chi connectivity index (χ0n) is 10.9. The van der Waals surface area contributed by atoms with Crippen molar-refractivity contribution in [2.75, 3.05) is 0 Å². The summed E-state index contributed by atoms with van der Waals surface area (Å²) in [5.41, 5.74) is 0.765. The standard InChI is InChI=1S/C14H13F2NO3S/c15-13-5-4-10(7-14(13)16)8-17-21(19,20)12-3-1-2-11(6-12)9-18/h1-7,17-18H,8-9H2. The molecule has 0 unspecified atom stereocenters. The maximum absolute atomic E-state index is 13.0. The molecule has 0 fully saturated rings. The number of aliphatic hydroxyl groups excluding tert-OH is 1. The topological polar surface area (TPSA) is 66.4 Å². The molecule has 7 heteroatoms. The van der Waals surface area contributed by atoms with E-state index in [4.69, 9.17) is 5.11 Å². The van der Waals surface area contributed by atoms with Crippen LogP contribution in [0.25, 0.3) is 0 Å². The van der Waals surface area contributed by atoms with E-state index in [1.807, 2.05) is 0 Å². The lowest BCUT2D eigenvalue weighted by molar-refractivity contribution is 0.281. The van der Waals surface area contributed by atoms with Gasteiger partial charge < -0.3 is 5.11 Å². The summed E-state index contributed by atoms with van der Waals surface area (Å²) in [6.45, 7) is -0.435. The van der Waals surface area contributed by atoms with Crippen LogP contribution in [0, 0.1) is 11.6 Å². The summed E-state index contributed by atoms with van der Waals surface area (Å²) < 4.78 is 52.2. The zero-order chi connectivity index (χ0) is 15.5. The van der Waals surface area contributed by atoms with Gasteiger partial charge in [0.2, 0.25) is 10.0 Å². The average Bonchev–Trinajstić information content (AvgIpc) is 2.48. The monoisotopic (exact) mass is 313 g/mol. The van der Waals surface area contributed by atoms with E-state index in [0.29, 0.717) is 11.1 Å². The lowest BCUT2D eigenvalue weighted by atomic mass is 10.2. The highest BCUT2D eigenvalue weighted by Crippen LogP contribution is 2.13. The summed E-state index contributed by atoms with van der Waals surface area (Å²) in [4.78, 5) is -0.00312. The summed E-state index contributed by atoms with van der Waals surface area (Å²) in [5, 5.41) is 9.00. The summed E-state index contributed by atoms with van der Waals surface area (Å²) >= 11 is 0. The third kappa shape index (κ3) is 3.84. The molecule has 2 rings (SSSR count). The minimum atomic E-state index is -3.79. The molecule has 0 radical (unpaired) electrons. The largest absolute Gasteiger partial charge is 0.392 e. The highest BCUT2D eigenvalue weighted by Gasteiger charge is 2.14. The second-order valence-electron chi connectivity index (χ2n) is 4.38. The van der Waals surface area contributed by atoms with Gasteiger partial charge in [0.15, 0.2) is 11.6 Å². The molecule has 0 aliphatic heterocycles. The number of hydrogen-bond donors (Lipinski definition) is 2. The number of sulfonamides is 1. The van der Waals surface area contributed by atoms with Gasteiger partial charge in [-0.25, -0.2) is 21.9 Å². The fourth-order valence-corrected chi connectivity index (χ4v) is 2.81. The van der Waals surface area contributed by atoms with Crippen LogP contribution in [0.3, 0.4) is 0 Å². The third-order valence-corrected chi connectivity index (χ3v) is 4.24. The number of aliphatic hydroxyl groups is 1. The highest BCUT2D eigenvalue weighted by atomic mass is 32.2. The first kappa shape index (κ1) is 15.6. The summed E-state index contributed by atoms with van der Waals surface area (Å²) in [7, 11) is -3.79. The molecule has 0 saturated heterocycles. The molecule has 21 heavy (non-hydrogen) atoms. The van der Waals surface area contributed by atoms with Gasteiger partial charge in [-0.1, -0.05) is 18.2 Å². The minimum absolute atomic E-state index is 0.00312. The molecule has 112 valence electrons. The summed E-state index contributed by atoms with van der Waals surface area (Å²) in [6.07, 6.45) is 0. The summed E-state index contributed by atoms with van der Waals surface area (Å²) in [5.74, 6) is -2.02. The Bertz CT molecular complexity index is 748. The molecule has 0 heterocycles. The van der Waals surface area contributed by atoms with Crippen LogP contribution in [-0.4, -0.2) is 13.5 Å². The molecular weight excluding hydrogens is 300 g/mol. The quantitative estimate of drug-likeness (QED) is 0.886. The second-order valence-corrected chi connectivity index (χ2v) is 6.15. The first-order valence-corrected chi connectivity index (χ1v) is 7.54. The van der Waals surface area contributed by atoms with Crippen molar-refractivity contribution in [1.29, 1.82) is 0 Å². The van der Waals surface area contributed by atoms with Gasteiger partial charge in [0.05, 0.1) is 11.5 Å². The van der Waals surface area contributed by atoms with E-state index in [1.54, 1.807) is 6.07 Å². The van der Waals surface area contributed by atoms with Crippen LogP contribution in [-0.2, 0) is 23.2 Å². The lowest BCUT2D eigenvalue weighted by Crippen LogP contribution is -2.23. The Morgan fingerprint density at radius 1 is 1.00 bits per heavy atom. The first-order chi connectivity index (χ1) is 9.92. The predicted molar refractivity (Wildman–Crippen MR) is 72.7 cm³/mol. The van der Waals surface area contributed by atoms with Gasteiger partial charge in [-0.3, -0.25) is 0 Å². The number of benzene rings is 2. The molecule has 2 N–H and O–H groups in total. The van der Waals surface area contributed by atoms with Crippen LogP contribution in [0.1, 0.15) is 11.1 Å². The third-order valence-electron chi connectivity index (χ3n) is 2.84. The van der Waals surface area contributed by atoms with Crippen molar-refractivity contribution >= 4 is 10.0 Å². The molecule has 0 atom stereocenters. The maximum Gasteiger partial charge on any atom is 0.240 e. The van der Waals surface area contributed by atoms with Crippen molar-refractivity contribution in [3.63, 3.8) is 0 Å². The van der Waals surface area contributed by atoms with Gasteiger partial charge >= 0.3 is 0 Å². The van der Waals surface area contributed by atoms with Crippen molar-refractivity contribution in [2.45, 2.75) is 18.0 Å². The Labute approximate surface area is 121 Å². The molecule has 0 amide bonds. The average molecular weight is 313 g/mol. The molecule has 0 spiro atoms. The number of rotatable bonds is 5. The fourth-order valence-electron chi connectivity index (χ4n) is 1.72. The van der Waals surface area contributed by atoms with Crippen LogP contribution in [0.5, 0.6) is 0 Å². The van der Waals surface area contributed by atoms with Crippen LogP contribution in [0.15, 0.2) is 47.4 Å². The molecule has 0 aromatic heterocycles. The van der Waals surface area contributed by atoms with Crippen molar-refractivity contribution in [1.82, 2.24) is 4.72 Å². The van der Waals surface area contributed by atoms with E-state index in [2.05, 4.69) is 4.72 Å². The Hall–Kier alpha value is -1.83. The number of nitrogens with one attached hydrogen (secondary N) is 1. The number of halogens is 2. The Kier molecular flexibility index (Phi) is 4.66. The van der Waals surface area contributed by atoms with Crippen LogP contribution >= 0.6 is 0 Å². The molecule has 2 aromatic rings. The molecule has 0 saturated carbocycles. The van der Waals surface area contributed by atoms with Crippen molar-refractivity contribution in [3.05, 3.63) is 65.2 Å². The second kappa shape index (κ2) is 6.30. The first-order valence-electron chi connectivity index (χ1n) is 6.06. The SMILES string of the molecule is O=S(=O)(NCc1ccc(F)c(F)c1)c1cccc(CO)c1. The maximum atomic E-state index is 13.0. The smallest absolute Gasteiger partial charge is 0.240 e. The lowest BCUT2D eigenvalue weighted by Gasteiger charge is -2.08. The predicted octanol–water partition coefficient (Wildman–Crippen LogP) is 1.94. The van der Waals surface area contributed by atoms with E-state index in [1.165, 1.54) is 24.3 Å². The van der Waals surface area contributed by atoms with Gasteiger partial charge in [-0.2, -0.15) is 0 Å². The van der Waals surface area contributed by atoms with E-state index in [9.17, 15) is 17.2 Å². The van der Waals surface area contributed by atoms with Gasteiger partial charge in [-0.05, 0) is 35.4 Å². The van der Waals surface area contributed by atoms with E-state index in [-0.39, 0.29) is 18.0 Å². The van der Waals surface area contributed by atoms with E-state index >= 15 is 0 Å². The molecule has 0 aliphatic rings. The zero-order valence-corrected chi connectivity index (χ0v) is 11.7. The van der Waals surface area contributed by atoms with Gasteiger partial charge in [0, 0.05) is 6.54 Å². The highest BCUT2D eigenvalue weighted by molar-refractivity contribution is 7.89. The molecule has 0 aliphatic carbocycles. The normalized spacial score (nSPS) is 11.6. The van der Waals surface area contributed by atoms with Crippen LogP contribution < -0.4 is 4.72 Å². The van der Waals surface area contributed by atoms with Crippen LogP contribution in [0.4, 0.5) is 8.78 Å². The molecular formula is C14H13F2NO3S. The summed E-state index contributed by atoms with van der Waals surface area (Å²) in [6, 6.07) is 8.99. The van der Waals surface area contributed by atoms with Crippen LogP contribution in [0.2, 0.25) is 0 Å². The van der Waals surface area contributed by atoms with E-state index in [0.717, 1.165) is 12.1 Å².